The molecule has 0 spiro atoms. The first-order valence-electron chi connectivity index (χ1n) is 5.79. The van der Waals surface area contributed by atoms with Crippen molar-refractivity contribution in [2.45, 2.75) is 0 Å². The normalized spacial score (nSPS) is 11.0. The third-order valence-electron chi connectivity index (χ3n) is 3.02. The van der Waals surface area contributed by atoms with Crippen molar-refractivity contribution in [3.05, 3.63) is 36.4 Å². The number of rotatable bonds is 1. The van der Waals surface area contributed by atoms with Gasteiger partial charge in [0.25, 0.3) is 0 Å². The minimum absolute atomic E-state index is 0.479. The van der Waals surface area contributed by atoms with E-state index in [4.69, 9.17) is 5.73 Å². The van der Waals surface area contributed by atoms with E-state index >= 15 is 0 Å². The summed E-state index contributed by atoms with van der Waals surface area (Å²) in [5.74, 6) is 1.36. The van der Waals surface area contributed by atoms with Gasteiger partial charge >= 0.3 is 0 Å². The summed E-state index contributed by atoms with van der Waals surface area (Å²) in [6.45, 7) is 0. The maximum Gasteiger partial charge on any atom is 0.150 e. The highest BCUT2D eigenvalue weighted by Crippen LogP contribution is 2.27. The van der Waals surface area contributed by atoms with Crippen LogP contribution in [0.3, 0.4) is 0 Å². The number of nitrogens with zero attached hydrogens (tertiary/aromatic N) is 3. The van der Waals surface area contributed by atoms with Gasteiger partial charge in [0.05, 0.1) is 5.52 Å². The number of pyridine rings is 2. The Morgan fingerprint density at radius 1 is 0.944 bits per heavy atom. The Morgan fingerprint density at radius 2 is 1.72 bits per heavy atom. The van der Waals surface area contributed by atoms with Gasteiger partial charge in [-0.3, -0.25) is 0 Å². The molecule has 1 aromatic carbocycles. The largest absolute Gasteiger partial charge is 0.382 e. The van der Waals surface area contributed by atoms with Crippen molar-refractivity contribution in [3.8, 4) is 0 Å². The lowest BCUT2D eigenvalue weighted by molar-refractivity contribution is 1.08. The zero-order valence-corrected chi connectivity index (χ0v) is 10.4. The molecule has 0 bridgehead atoms. The van der Waals surface area contributed by atoms with Crippen molar-refractivity contribution in [1.82, 2.24) is 9.97 Å². The molecule has 2 N–H and O–H groups in total. The zero-order valence-electron chi connectivity index (χ0n) is 10.4. The van der Waals surface area contributed by atoms with Gasteiger partial charge in [-0.1, -0.05) is 18.2 Å². The molecule has 3 aromatic rings. The number of nitrogen functional groups attached to an aromatic ring is 1. The number of nitrogens with two attached hydrogens (primary N) is 1. The summed E-state index contributed by atoms with van der Waals surface area (Å²) in [5, 5.41) is 2.13. The molecule has 0 aliphatic rings. The van der Waals surface area contributed by atoms with Gasteiger partial charge in [-0.15, -0.1) is 0 Å². The van der Waals surface area contributed by atoms with Gasteiger partial charge in [0.1, 0.15) is 11.3 Å². The smallest absolute Gasteiger partial charge is 0.150 e. The topological polar surface area (TPSA) is 55.0 Å². The Kier molecular flexibility index (Phi) is 2.30. The second kappa shape index (κ2) is 3.84. The number of anilines is 2. The van der Waals surface area contributed by atoms with Crippen LogP contribution in [0.5, 0.6) is 0 Å². The van der Waals surface area contributed by atoms with E-state index in [-0.39, 0.29) is 0 Å². The molecule has 0 unspecified atom stereocenters. The highest BCUT2D eigenvalue weighted by atomic mass is 15.1. The summed E-state index contributed by atoms with van der Waals surface area (Å²) in [4.78, 5) is 10.9. The molecule has 2 aromatic heterocycles. The Balaban J connectivity index is 2.44. The van der Waals surface area contributed by atoms with E-state index in [1.165, 1.54) is 0 Å². The predicted molar refractivity (Wildman–Crippen MR) is 75.8 cm³/mol. The first kappa shape index (κ1) is 10.8. The first-order valence-corrected chi connectivity index (χ1v) is 5.79. The van der Waals surface area contributed by atoms with Crippen LogP contribution in [0, 0.1) is 0 Å². The molecule has 0 amide bonds. The Hall–Kier alpha value is -2.36. The van der Waals surface area contributed by atoms with Gasteiger partial charge in [0.15, 0.2) is 5.82 Å². The second-order valence-corrected chi connectivity index (χ2v) is 4.47. The lowest BCUT2D eigenvalue weighted by Crippen LogP contribution is -2.10. The number of benzene rings is 1. The van der Waals surface area contributed by atoms with Crippen molar-refractivity contribution in [2.75, 3.05) is 24.7 Å². The van der Waals surface area contributed by atoms with Crippen molar-refractivity contribution >= 4 is 33.4 Å². The number of hydrogen-bond donors (Lipinski definition) is 1. The van der Waals surface area contributed by atoms with Crippen molar-refractivity contribution in [3.63, 3.8) is 0 Å². The molecular formula is C14H14N4. The van der Waals surface area contributed by atoms with Crippen LogP contribution in [0.1, 0.15) is 0 Å². The van der Waals surface area contributed by atoms with Crippen LogP contribution in [-0.2, 0) is 0 Å². The van der Waals surface area contributed by atoms with Crippen LogP contribution in [-0.4, -0.2) is 24.1 Å². The molecular weight excluding hydrogens is 224 g/mol. The van der Waals surface area contributed by atoms with Crippen LogP contribution in [0.4, 0.5) is 11.6 Å². The molecule has 0 atom stereocenters. The fourth-order valence-electron chi connectivity index (χ4n) is 2.09. The molecule has 0 aliphatic heterocycles. The highest BCUT2D eigenvalue weighted by Gasteiger charge is 2.08. The summed E-state index contributed by atoms with van der Waals surface area (Å²) >= 11 is 0. The van der Waals surface area contributed by atoms with E-state index in [1.807, 2.05) is 49.3 Å². The Morgan fingerprint density at radius 3 is 2.50 bits per heavy atom. The summed E-state index contributed by atoms with van der Waals surface area (Å²) in [6, 6.07) is 12.0. The van der Waals surface area contributed by atoms with Crippen LogP contribution in [0.15, 0.2) is 36.4 Å². The van der Waals surface area contributed by atoms with Crippen LogP contribution < -0.4 is 10.6 Å². The molecule has 2 heterocycles. The van der Waals surface area contributed by atoms with E-state index in [1.54, 1.807) is 0 Å². The van der Waals surface area contributed by atoms with E-state index in [0.29, 0.717) is 5.82 Å². The lowest BCUT2D eigenvalue weighted by Gasteiger charge is -2.13. The average Bonchev–Trinajstić information content (AvgIpc) is 2.38. The third-order valence-corrected chi connectivity index (χ3v) is 3.02. The molecule has 4 heteroatoms. The van der Waals surface area contributed by atoms with E-state index in [2.05, 4.69) is 16.0 Å². The Bertz CT molecular complexity index is 734. The second-order valence-electron chi connectivity index (χ2n) is 4.47. The van der Waals surface area contributed by atoms with Gasteiger partial charge in [-0.25, -0.2) is 9.97 Å². The van der Waals surface area contributed by atoms with Crippen molar-refractivity contribution in [2.24, 2.45) is 0 Å². The Labute approximate surface area is 105 Å². The maximum absolute atomic E-state index is 6.00. The molecule has 90 valence electrons. The molecule has 0 aliphatic carbocycles. The van der Waals surface area contributed by atoms with Crippen molar-refractivity contribution in [1.29, 1.82) is 0 Å². The van der Waals surface area contributed by atoms with Crippen LogP contribution >= 0.6 is 0 Å². The summed E-state index contributed by atoms with van der Waals surface area (Å²) in [6.07, 6.45) is 0. The number of fused-ring (bicyclic) bond motifs is 3. The number of para-hydroxylation sites is 1. The van der Waals surface area contributed by atoms with Gasteiger partial charge in [0.2, 0.25) is 0 Å². The maximum atomic E-state index is 6.00. The summed E-state index contributed by atoms with van der Waals surface area (Å²) in [5.41, 5.74) is 7.67. The summed E-state index contributed by atoms with van der Waals surface area (Å²) in [7, 11) is 3.91. The molecule has 3 rings (SSSR count). The molecule has 4 nitrogen and oxygen atoms in total. The molecule has 0 radical (unpaired) electrons. The van der Waals surface area contributed by atoms with E-state index in [0.717, 1.165) is 27.6 Å². The predicted octanol–water partition coefficient (Wildman–Crippen LogP) is 2.43. The third kappa shape index (κ3) is 1.54. The number of aromatic nitrogens is 2. The minimum Gasteiger partial charge on any atom is -0.382 e. The SMILES string of the molecule is CN(C)c1ccc2c(n1)c(N)nc1ccccc12. The molecule has 0 fully saturated rings. The molecule has 0 saturated heterocycles. The van der Waals surface area contributed by atoms with Crippen LogP contribution in [0.2, 0.25) is 0 Å². The van der Waals surface area contributed by atoms with Gasteiger partial charge in [0, 0.05) is 24.9 Å². The van der Waals surface area contributed by atoms with E-state index in [9.17, 15) is 0 Å². The molecule has 18 heavy (non-hydrogen) atoms. The highest BCUT2D eigenvalue weighted by molar-refractivity contribution is 6.08. The monoisotopic (exact) mass is 238 g/mol. The van der Waals surface area contributed by atoms with Crippen molar-refractivity contribution < 1.29 is 0 Å². The van der Waals surface area contributed by atoms with Gasteiger partial charge in [-0.05, 0) is 18.2 Å². The quantitative estimate of drug-likeness (QED) is 0.661. The summed E-state index contributed by atoms with van der Waals surface area (Å²) < 4.78 is 0. The fraction of sp³-hybridized carbons (Fsp3) is 0.143. The lowest BCUT2D eigenvalue weighted by atomic mass is 10.1. The molecule has 0 saturated carbocycles. The van der Waals surface area contributed by atoms with Gasteiger partial charge < -0.3 is 10.6 Å². The van der Waals surface area contributed by atoms with Gasteiger partial charge in [-0.2, -0.15) is 0 Å². The minimum atomic E-state index is 0.479. The first-order chi connectivity index (χ1) is 8.66. The average molecular weight is 238 g/mol. The zero-order chi connectivity index (χ0) is 12.7. The van der Waals surface area contributed by atoms with Crippen LogP contribution in [0.25, 0.3) is 21.8 Å². The number of hydrogen-bond acceptors (Lipinski definition) is 4. The standard InChI is InChI=1S/C14H14N4/c1-18(2)12-8-7-10-9-5-3-4-6-11(9)16-14(15)13(10)17-12/h3-8H,1-2H3,(H2,15,16). The van der Waals surface area contributed by atoms with E-state index < -0.39 is 0 Å². The fourth-order valence-corrected chi connectivity index (χ4v) is 2.09.